The fourth-order valence-electron chi connectivity index (χ4n) is 1.86. The zero-order chi connectivity index (χ0) is 17.2. The Kier molecular flexibility index (Phi) is 4.69. The molecule has 0 amide bonds. The highest BCUT2D eigenvalue weighted by atomic mass is 32.2. The number of aryl methyl sites for hydroxylation is 1. The van der Waals surface area contributed by atoms with E-state index in [0.717, 1.165) is 16.4 Å². The van der Waals surface area contributed by atoms with Crippen LogP contribution in [0, 0.1) is 12.7 Å². The molecule has 124 valence electrons. The topological polar surface area (TPSA) is 81.6 Å². The predicted molar refractivity (Wildman–Crippen MR) is 81.9 cm³/mol. The second-order valence-electron chi connectivity index (χ2n) is 4.64. The molecule has 1 aromatic carbocycles. The molecule has 9 heteroatoms. The monoisotopic (exact) mass is 341 g/mol. The molecular formula is C14H16FN3O4S. The third-order valence-corrected chi connectivity index (χ3v) is 4.96. The van der Waals surface area contributed by atoms with Gasteiger partial charge >= 0.3 is 0 Å². The zero-order valence-corrected chi connectivity index (χ0v) is 13.9. The van der Waals surface area contributed by atoms with Gasteiger partial charge in [0, 0.05) is 19.2 Å². The van der Waals surface area contributed by atoms with Gasteiger partial charge in [0.15, 0.2) is 17.3 Å². The van der Waals surface area contributed by atoms with Crippen LogP contribution < -0.4 is 13.8 Å². The van der Waals surface area contributed by atoms with Crippen LogP contribution >= 0.6 is 0 Å². The van der Waals surface area contributed by atoms with E-state index < -0.39 is 20.7 Å². The van der Waals surface area contributed by atoms with Crippen molar-refractivity contribution in [2.45, 2.75) is 11.8 Å². The lowest BCUT2D eigenvalue weighted by atomic mass is 10.3. The number of hydrogen-bond acceptors (Lipinski definition) is 6. The molecule has 0 spiro atoms. The van der Waals surface area contributed by atoms with Gasteiger partial charge in [-0.05, 0) is 19.1 Å². The molecule has 0 aliphatic heterocycles. The van der Waals surface area contributed by atoms with Gasteiger partial charge in [0.1, 0.15) is 10.7 Å². The Balaban J connectivity index is 2.52. The van der Waals surface area contributed by atoms with Gasteiger partial charge in [0.05, 0.1) is 19.9 Å². The first kappa shape index (κ1) is 16.9. The van der Waals surface area contributed by atoms with E-state index in [4.69, 9.17) is 9.47 Å². The number of benzene rings is 1. The van der Waals surface area contributed by atoms with Gasteiger partial charge in [0.2, 0.25) is 0 Å². The van der Waals surface area contributed by atoms with Gasteiger partial charge in [-0.15, -0.1) is 5.10 Å². The maximum absolute atomic E-state index is 14.2. The maximum Gasteiger partial charge on any atom is 0.268 e. The van der Waals surface area contributed by atoms with Crippen LogP contribution in [0.3, 0.4) is 0 Å². The minimum Gasteiger partial charge on any atom is -0.493 e. The molecule has 0 bridgehead atoms. The van der Waals surface area contributed by atoms with E-state index in [2.05, 4.69) is 10.2 Å². The summed E-state index contributed by atoms with van der Waals surface area (Å²) >= 11 is 0. The number of hydrogen-bond donors (Lipinski definition) is 0. The zero-order valence-electron chi connectivity index (χ0n) is 13.1. The molecule has 0 fully saturated rings. The van der Waals surface area contributed by atoms with Gasteiger partial charge < -0.3 is 9.47 Å². The van der Waals surface area contributed by atoms with Gasteiger partial charge in [-0.25, -0.2) is 12.8 Å². The summed E-state index contributed by atoms with van der Waals surface area (Å²) in [7, 11) is -0.237. The minimum absolute atomic E-state index is 0.0739. The van der Waals surface area contributed by atoms with Crippen LogP contribution in [0.5, 0.6) is 11.5 Å². The lowest BCUT2D eigenvalue weighted by molar-refractivity contribution is 0.350. The second-order valence-corrected chi connectivity index (χ2v) is 6.58. The van der Waals surface area contributed by atoms with Gasteiger partial charge in [-0.1, -0.05) is 0 Å². The fourth-order valence-corrected chi connectivity index (χ4v) is 3.06. The second kappa shape index (κ2) is 6.37. The molecule has 2 aromatic rings. The molecule has 0 atom stereocenters. The van der Waals surface area contributed by atoms with Crippen molar-refractivity contribution in [3.05, 3.63) is 35.8 Å². The molecule has 0 aliphatic carbocycles. The standard InChI is InChI=1S/C14H16FN3O4S/c1-9-5-6-14(17-16-9)18(2)23(19,20)13-8-12(22-4)11(21-3)7-10(13)15/h5-8H,1-4H3. The van der Waals surface area contributed by atoms with E-state index in [1.54, 1.807) is 13.0 Å². The highest BCUT2D eigenvalue weighted by Gasteiger charge is 2.28. The lowest BCUT2D eigenvalue weighted by Crippen LogP contribution is -2.28. The Morgan fingerprint density at radius 2 is 1.70 bits per heavy atom. The highest BCUT2D eigenvalue weighted by Crippen LogP contribution is 2.33. The average molecular weight is 341 g/mol. The van der Waals surface area contributed by atoms with Gasteiger partial charge in [-0.3, -0.25) is 4.31 Å². The quantitative estimate of drug-likeness (QED) is 0.824. The first-order valence-corrected chi connectivity index (χ1v) is 7.96. The van der Waals surface area contributed by atoms with Crippen LogP contribution in [0.1, 0.15) is 5.69 Å². The van der Waals surface area contributed by atoms with Crippen LogP contribution in [-0.2, 0) is 10.0 Å². The molecule has 0 aliphatic rings. The lowest BCUT2D eigenvalue weighted by Gasteiger charge is -2.19. The number of sulfonamides is 1. The smallest absolute Gasteiger partial charge is 0.268 e. The van der Waals surface area contributed by atoms with Crippen molar-refractivity contribution in [3.8, 4) is 11.5 Å². The summed E-state index contributed by atoms with van der Waals surface area (Å²) in [6.45, 7) is 1.72. The number of ether oxygens (including phenoxy) is 2. The van der Waals surface area contributed by atoms with E-state index in [1.807, 2.05) is 0 Å². The van der Waals surface area contributed by atoms with Crippen molar-refractivity contribution in [2.24, 2.45) is 0 Å². The van der Waals surface area contributed by atoms with Crippen molar-refractivity contribution in [1.82, 2.24) is 10.2 Å². The summed E-state index contributed by atoms with van der Waals surface area (Å²) in [5, 5.41) is 7.59. The molecule has 0 unspecified atom stereocenters. The van der Waals surface area contributed by atoms with E-state index in [9.17, 15) is 12.8 Å². The number of rotatable bonds is 5. The SMILES string of the molecule is COc1cc(F)c(S(=O)(=O)N(C)c2ccc(C)nn2)cc1OC. The molecule has 0 radical (unpaired) electrons. The summed E-state index contributed by atoms with van der Waals surface area (Å²) in [4.78, 5) is -0.542. The van der Waals surface area contributed by atoms with E-state index >= 15 is 0 Å². The van der Waals surface area contributed by atoms with Crippen LogP contribution in [0.2, 0.25) is 0 Å². The van der Waals surface area contributed by atoms with Crippen LogP contribution in [-0.4, -0.2) is 39.9 Å². The number of aromatic nitrogens is 2. The van der Waals surface area contributed by atoms with E-state index in [-0.39, 0.29) is 17.3 Å². The van der Waals surface area contributed by atoms with Crippen LogP contribution in [0.15, 0.2) is 29.2 Å². The van der Waals surface area contributed by atoms with Crippen molar-refractivity contribution in [1.29, 1.82) is 0 Å². The normalized spacial score (nSPS) is 11.2. The molecule has 23 heavy (non-hydrogen) atoms. The number of nitrogens with zero attached hydrogens (tertiary/aromatic N) is 3. The molecule has 0 N–H and O–H groups in total. The average Bonchev–Trinajstić information content (AvgIpc) is 2.54. The van der Waals surface area contributed by atoms with E-state index in [0.29, 0.717) is 5.69 Å². The summed E-state index contributed by atoms with van der Waals surface area (Å²) in [5.74, 6) is -0.669. The van der Waals surface area contributed by atoms with Crippen molar-refractivity contribution < 1.29 is 22.3 Å². The summed E-state index contributed by atoms with van der Waals surface area (Å²) in [5.41, 5.74) is 0.636. The Hall–Kier alpha value is -2.42. The summed E-state index contributed by atoms with van der Waals surface area (Å²) in [6.07, 6.45) is 0. The number of methoxy groups -OCH3 is 2. The molecule has 2 rings (SSSR count). The van der Waals surface area contributed by atoms with Crippen LogP contribution in [0.25, 0.3) is 0 Å². The minimum atomic E-state index is -4.17. The first-order chi connectivity index (χ1) is 10.8. The van der Waals surface area contributed by atoms with Gasteiger partial charge in [-0.2, -0.15) is 5.10 Å². The van der Waals surface area contributed by atoms with Crippen molar-refractivity contribution >= 4 is 15.8 Å². The summed E-state index contributed by atoms with van der Waals surface area (Å²) in [6, 6.07) is 5.12. The Morgan fingerprint density at radius 1 is 1.09 bits per heavy atom. The third kappa shape index (κ3) is 3.19. The van der Waals surface area contributed by atoms with Crippen molar-refractivity contribution in [2.75, 3.05) is 25.6 Å². The van der Waals surface area contributed by atoms with Crippen molar-refractivity contribution in [3.63, 3.8) is 0 Å². The van der Waals surface area contributed by atoms with Gasteiger partial charge in [0.25, 0.3) is 10.0 Å². The molecular weight excluding hydrogens is 325 g/mol. The Bertz CT molecular complexity index is 810. The highest BCUT2D eigenvalue weighted by molar-refractivity contribution is 7.92. The number of halogens is 1. The maximum atomic E-state index is 14.2. The summed E-state index contributed by atoms with van der Waals surface area (Å²) < 4.78 is 50.3. The largest absolute Gasteiger partial charge is 0.493 e. The third-order valence-electron chi connectivity index (χ3n) is 3.18. The molecule has 7 nitrogen and oxygen atoms in total. The molecule has 0 saturated heterocycles. The van der Waals surface area contributed by atoms with Crippen LogP contribution in [0.4, 0.5) is 10.2 Å². The van der Waals surface area contributed by atoms with E-state index in [1.165, 1.54) is 27.3 Å². The molecule has 1 heterocycles. The molecule has 1 aromatic heterocycles. The molecule has 0 saturated carbocycles. The Labute approximate surface area is 133 Å². The Morgan fingerprint density at radius 3 is 2.22 bits per heavy atom. The fraction of sp³-hybridized carbons (Fsp3) is 0.286. The first-order valence-electron chi connectivity index (χ1n) is 6.52. The number of anilines is 1. The predicted octanol–water partition coefficient (Wildman–Crippen LogP) is 1.77.